The number of hydrogen-bond acceptors (Lipinski definition) is 7. The van der Waals surface area contributed by atoms with Crippen molar-refractivity contribution >= 4 is 49.1 Å². The molecule has 0 radical (unpaired) electrons. The van der Waals surface area contributed by atoms with Gasteiger partial charge in [0.15, 0.2) is 5.75 Å². The molecule has 3 fully saturated rings. The number of amides is 1. The molecule has 4 aliphatic rings. The lowest BCUT2D eigenvalue weighted by molar-refractivity contribution is -0.152. The molecule has 0 saturated heterocycles. The summed E-state index contributed by atoms with van der Waals surface area (Å²) in [5.74, 6) is -0.0800. The molecule has 5 rings (SSSR count). The maximum atomic E-state index is 12.8. The summed E-state index contributed by atoms with van der Waals surface area (Å²) in [6, 6.07) is 4.15. The third kappa shape index (κ3) is 4.74. The monoisotopic (exact) mass is 627 g/mol. The Morgan fingerprint density at radius 1 is 1.05 bits per heavy atom. The molecule has 1 aliphatic heterocycles. The molecule has 1 amide bonds. The molecule has 11 heteroatoms. The van der Waals surface area contributed by atoms with Crippen LogP contribution in [0.25, 0.3) is 0 Å². The Morgan fingerprint density at radius 3 is 2.31 bits per heavy atom. The van der Waals surface area contributed by atoms with Gasteiger partial charge in [0.25, 0.3) is 5.91 Å². The average molecular weight is 629 g/mol. The van der Waals surface area contributed by atoms with Crippen molar-refractivity contribution < 1.29 is 23.5 Å². The highest BCUT2D eigenvalue weighted by Gasteiger charge is 2.62. The van der Waals surface area contributed by atoms with Crippen LogP contribution in [0.3, 0.4) is 0 Å². The van der Waals surface area contributed by atoms with Crippen molar-refractivity contribution in [2.24, 2.45) is 39.5 Å². The Kier molecular flexibility index (Phi) is 7.79. The van der Waals surface area contributed by atoms with Gasteiger partial charge < -0.3 is 13.9 Å². The van der Waals surface area contributed by atoms with E-state index in [0.717, 1.165) is 25.7 Å². The maximum absolute atomic E-state index is 12.8. The number of esters is 1. The van der Waals surface area contributed by atoms with Crippen LogP contribution in [0.2, 0.25) is 29.7 Å². The number of carbonyl (C=O) groups excluding carboxylic acids is 2. The Hall–Kier alpha value is -2.85. The molecule has 42 heavy (non-hydrogen) atoms. The molecule has 1 aromatic rings. The van der Waals surface area contributed by atoms with Crippen LogP contribution in [-0.2, 0) is 14.3 Å². The number of halogens is 2. The van der Waals surface area contributed by atoms with E-state index in [1.165, 1.54) is 13.2 Å². The fraction of sp³-hybridized carbons (Fsp3) is 0.581. The number of benzene rings is 1. The van der Waals surface area contributed by atoms with Gasteiger partial charge in [-0.25, -0.2) is 4.99 Å². The molecule has 222 valence electrons. The van der Waals surface area contributed by atoms with Crippen molar-refractivity contribution in [1.29, 1.82) is 10.5 Å². The molecule has 3 aliphatic carbocycles. The second kappa shape index (κ2) is 10.7. The second-order valence-electron chi connectivity index (χ2n) is 13.3. The van der Waals surface area contributed by atoms with E-state index < -0.39 is 19.8 Å². The first kappa shape index (κ1) is 30.6. The first-order chi connectivity index (χ1) is 19.7. The molecule has 3 saturated carbocycles. The molecule has 0 unspecified atom stereocenters. The summed E-state index contributed by atoms with van der Waals surface area (Å²) in [6.07, 6.45) is 6.64. The fourth-order valence-corrected chi connectivity index (χ4v) is 9.53. The van der Waals surface area contributed by atoms with Crippen LogP contribution in [0, 0.1) is 57.2 Å². The van der Waals surface area contributed by atoms with Gasteiger partial charge >= 0.3 is 5.97 Å². The summed E-state index contributed by atoms with van der Waals surface area (Å²) in [5, 5.41) is 20.3. The minimum atomic E-state index is -2.23. The second-order valence-corrected chi connectivity index (χ2v) is 18.5. The van der Waals surface area contributed by atoms with Crippen LogP contribution in [0.1, 0.15) is 57.1 Å². The highest BCUT2D eigenvalue weighted by molar-refractivity contribution is 6.70. The van der Waals surface area contributed by atoms with E-state index >= 15 is 0 Å². The Morgan fingerprint density at radius 2 is 1.69 bits per heavy atom. The van der Waals surface area contributed by atoms with Gasteiger partial charge in [-0.05, 0) is 74.9 Å². The number of nitrogens with zero attached hydrogens (tertiary/aromatic N) is 3. The van der Waals surface area contributed by atoms with Crippen LogP contribution in [0.15, 0.2) is 17.1 Å². The number of fused-ring (bicyclic) bond motifs is 5. The first-order valence-electron chi connectivity index (χ1n) is 14.3. The zero-order chi connectivity index (χ0) is 30.8. The highest BCUT2D eigenvalue weighted by atomic mass is 35.5. The van der Waals surface area contributed by atoms with E-state index in [-0.39, 0.29) is 73.6 Å². The number of carbonyl (C=O) groups is 2. The molecular weight excluding hydrogens is 593 g/mol. The van der Waals surface area contributed by atoms with Gasteiger partial charge in [0.05, 0.1) is 18.7 Å². The van der Waals surface area contributed by atoms with Crippen LogP contribution in [-0.4, -0.2) is 39.1 Å². The van der Waals surface area contributed by atoms with Crippen molar-refractivity contribution in [1.82, 2.24) is 0 Å². The van der Waals surface area contributed by atoms with E-state index in [1.807, 2.05) is 25.7 Å². The van der Waals surface area contributed by atoms with Gasteiger partial charge in [0, 0.05) is 11.5 Å². The fourth-order valence-electron chi connectivity index (χ4n) is 8.21. The number of rotatable bonds is 5. The summed E-state index contributed by atoms with van der Waals surface area (Å²) in [4.78, 5) is 29.8. The van der Waals surface area contributed by atoms with E-state index in [0.29, 0.717) is 12.1 Å². The van der Waals surface area contributed by atoms with Gasteiger partial charge in [0.2, 0.25) is 8.32 Å². The molecular formula is C31H35Cl2N3O5Si. The molecule has 1 heterocycles. The lowest BCUT2D eigenvalue weighted by Gasteiger charge is -2.57. The van der Waals surface area contributed by atoms with Crippen LogP contribution >= 0.6 is 23.2 Å². The minimum absolute atomic E-state index is 0.00426. The zero-order valence-corrected chi connectivity index (χ0v) is 27.2. The quantitative estimate of drug-likeness (QED) is 0.257. The number of allylic oxidation sites excluding steroid dienone is 1. The summed E-state index contributed by atoms with van der Waals surface area (Å²) < 4.78 is 17.9. The van der Waals surface area contributed by atoms with E-state index in [4.69, 9.17) is 37.1 Å². The van der Waals surface area contributed by atoms with Crippen molar-refractivity contribution in [3.8, 4) is 23.6 Å². The minimum Gasteiger partial charge on any atom is -0.542 e. The topological polar surface area (TPSA) is 122 Å². The summed E-state index contributed by atoms with van der Waals surface area (Å²) in [5.41, 5.74) is -0.319. The van der Waals surface area contributed by atoms with E-state index in [1.54, 1.807) is 0 Å². The number of ether oxygens (including phenoxy) is 2. The number of methoxy groups -OCH3 is 1. The van der Waals surface area contributed by atoms with Gasteiger partial charge in [-0.2, -0.15) is 10.5 Å². The molecule has 7 atom stereocenters. The van der Waals surface area contributed by atoms with E-state index in [2.05, 4.69) is 31.0 Å². The number of aliphatic imine (C=N–C) groups is 1. The molecule has 0 N–H and O–H groups in total. The predicted octanol–water partition coefficient (Wildman–Crippen LogP) is 6.88. The highest BCUT2D eigenvalue weighted by Crippen LogP contribution is 2.65. The normalized spacial score (nSPS) is 33.3. The molecule has 8 nitrogen and oxygen atoms in total. The maximum Gasteiger partial charge on any atom is 0.309 e. The van der Waals surface area contributed by atoms with Gasteiger partial charge in [0.1, 0.15) is 45.2 Å². The van der Waals surface area contributed by atoms with Crippen LogP contribution in [0.5, 0.6) is 11.5 Å². The molecule has 1 aromatic carbocycles. The number of dihydropyridines is 1. The van der Waals surface area contributed by atoms with Crippen molar-refractivity contribution in [2.45, 2.75) is 71.7 Å². The lowest BCUT2D eigenvalue weighted by atomic mass is 9.48. The van der Waals surface area contributed by atoms with Gasteiger partial charge in [-0.3, -0.25) is 9.59 Å². The third-order valence-electron chi connectivity index (χ3n) is 10.0. The Balaban J connectivity index is 1.60. The first-order valence-corrected chi connectivity index (χ1v) is 18.5. The third-order valence-corrected chi connectivity index (χ3v) is 11.7. The summed E-state index contributed by atoms with van der Waals surface area (Å²) in [7, 11) is -0.790. The predicted molar refractivity (Wildman–Crippen MR) is 161 cm³/mol. The standard InChI is InChI=1S/C31H35Cl2N3O5Si/c1-30-11-9-20-16(19(30)7-8-21(30)29(38)39-3)13-22(28-31(20,2)12-10-23(37)36-28)40-26-17(14-34)18(15-35)27(25(33)24(26)32)41-42(4,5)6/h10,12,16,19-22H,7-9,11,13H2,1-6H3/t16-,19-,20-,21+,22+,30-,31+/m0/s1. The molecule has 0 aromatic heterocycles. The van der Waals surface area contributed by atoms with Crippen molar-refractivity contribution in [2.75, 3.05) is 7.11 Å². The zero-order valence-electron chi connectivity index (χ0n) is 24.7. The van der Waals surface area contributed by atoms with Crippen molar-refractivity contribution in [3.05, 3.63) is 33.3 Å². The SMILES string of the molecule is COC(=O)[C@H]1CC[C@H]2[C@@H]3C[C@@H](Oc4c(Cl)c(Cl)c(O[Si](C)(C)C)c(C#N)c4C#N)C4=NC(=O)C=C[C@]4(C)[C@H]3CC[C@]12C. The summed E-state index contributed by atoms with van der Waals surface area (Å²) in [6.45, 7) is 10.1. The lowest BCUT2D eigenvalue weighted by Crippen LogP contribution is -2.58. The Bertz CT molecular complexity index is 1510. The molecule has 0 spiro atoms. The number of nitriles is 2. The van der Waals surface area contributed by atoms with Crippen LogP contribution in [0.4, 0.5) is 0 Å². The van der Waals surface area contributed by atoms with Crippen LogP contribution < -0.4 is 9.16 Å². The van der Waals surface area contributed by atoms with E-state index in [9.17, 15) is 20.1 Å². The smallest absolute Gasteiger partial charge is 0.309 e. The summed E-state index contributed by atoms with van der Waals surface area (Å²) >= 11 is 13.4. The Labute approximate surface area is 257 Å². The average Bonchev–Trinajstić information content (AvgIpc) is 3.29. The van der Waals surface area contributed by atoms with Crippen molar-refractivity contribution in [3.63, 3.8) is 0 Å². The number of hydrogen-bond donors (Lipinski definition) is 0. The van der Waals surface area contributed by atoms with Gasteiger partial charge in [-0.1, -0.05) is 43.1 Å². The largest absolute Gasteiger partial charge is 0.542 e. The van der Waals surface area contributed by atoms with Gasteiger partial charge in [-0.15, -0.1) is 0 Å². The molecule has 0 bridgehead atoms.